The number of amides is 1. The number of halogens is 3. The third kappa shape index (κ3) is 4.31. The van der Waals surface area contributed by atoms with E-state index in [0.717, 1.165) is 17.0 Å². The van der Waals surface area contributed by atoms with Gasteiger partial charge < -0.3 is 10.2 Å². The second-order valence-corrected chi connectivity index (χ2v) is 7.04. The van der Waals surface area contributed by atoms with Crippen molar-refractivity contribution in [1.29, 1.82) is 0 Å². The Morgan fingerprint density at radius 2 is 1.86 bits per heavy atom. The number of piperidine rings is 1. The van der Waals surface area contributed by atoms with E-state index >= 15 is 0 Å². The quantitative estimate of drug-likeness (QED) is 0.703. The summed E-state index contributed by atoms with van der Waals surface area (Å²) in [6.45, 7) is 0.956. The molecule has 0 bridgehead atoms. The van der Waals surface area contributed by atoms with Gasteiger partial charge in [0.25, 0.3) is 0 Å². The summed E-state index contributed by atoms with van der Waals surface area (Å²) in [6.07, 6.45) is -1.67. The maximum atomic E-state index is 12.9. The topological polar surface area (TPSA) is 58.1 Å². The van der Waals surface area contributed by atoms with Gasteiger partial charge in [0.1, 0.15) is 11.5 Å². The fourth-order valence-electron chi connectivity index (χ4n) is 3.52. The molecule has 1 amide bonds. The number of nitrogens with zero attached hydrogens (tertiary/aromatic N) is 3. The van der Waals surface area contributed by atoms with Crippen LogP contribution >= 0.6 is 0 Å². The highest BCUT2D eigenvalue weighted by molar-refractivity contribution is 5.95. The number of alkyl halides is 3. The summed E-state index contributed by atoms with van der Waals surface area (Å²) < 4.78 is 38.6. The summed E-state index contributed by atoms with van der Waals surface area (Å²) in [5.41, 5.74) is 0.582. The Labute approximate surface area is 165 Å². The number of hydrogen-bond donors (Lipinski definition) is 1. The smallest absolute Gasteiger partial charge is 0.357 e. The standard InChI is InChI=1S/C21H19F3N4O/c22-21(23,24)18-4-1-5-19(27-18)28-11-8-15(9-12-28)20(29)26-16-7-6-14-3-2-10-25-17(14)13-16/h1-7,10,13,15H,8-9,11-12H2,(H,26,29). The van der Waals surface area contributed by atoms with E-state index in [2.05, 4.69) is 15.3 Å². The van der Waals surface area contributed by atoms with Crippen LogP contribution in [0.4, 0.5) is 24.7 Å². The molecule has 1 N–H and O–H groups in total. The molecule has 150 valence electrons. The van der Waals surface area contributed by atoms with Crippen LogP contribution in [0.3, 0.4) is 0 Å². The zero-order valence-electron chi connectivity index (χ0n) is 15.5. The Bertz CT molecular complexity index is 1030. The minimum atomic E-state index is -4.47. The van der Waals surface area contributed by atoms with Crippen molar-refractivity contribution in [3.63, 3.8) is 0 Å². The molecule has 1 fully saturated rings. The van der Waals surface area contributed by atoms with Gasteiger partial charge >= 0.3 is 6.18 Å². The minimum Gasteiger partial charge on any atom is -0.357 e. The SMILES string of the molecule is O=C(Nc1ccc2cccnc2c1)C1CCN(c2cccc(C(F)(F)F)n2)CC1. The first kappa shape index (κ1) is 19.2. The molecule has 1 saturated heterocycles. The molecular weight excluding hydrogens is 381 g/mol. The van der Waals surface area contributed by atoms with E-state index in [1.807, 2.05) is 30.3 Å². The van der Waals surface area contributed by atoms with Crippen molar-refractivity contribution < 1.29 is 18.0 Å². The zero-order valence-corrected chi connectivity index (χ0v) is 15.5. The van der Waals surface area contributed by atoms with Crippen LogP contribution in [-0.2, 0) is 11.0 Å². The minimum absolute atomic E-state index is 0.0862. The molecule has 0 spiro atoms. The van der Waals surface area contributed by atoms with Gasteiger partial charge in [0.15, 0.2) is 0 Å². The number of rotatable bonds is 3. The van der Waals surface area contributed by atoms with Crippen molar-refractivity contribution in [2.75, 3.05) is 23.3 Å². The summed E-state index contributed by atoms with van der Waals surface area (Å²) in [5, 5.41) is 3.92. The number of carbonyl (C=O) groups is 1. The average Bonchev–Trinajstić information content (AvgIpc) is 2.73. The zero-order chi connectivity index (χ0) is 20.4. The lowest BCUT2D eigenvalue weighted by atomic mass is 9.95. The van der Waals surface area contributed by atoms with E-state index in [4.69, 9.17) is 0 Å². The van der Waals surface area contributed by atoms with Gasteiger partial charge in [0.2, 0.25) is 5.91 Å². The van der Waals surface area contributed by atoms with Crippen molar-refractivity contribution >= 4 is 28.3 Å². The fourth-order valence-corrected chi connectivity index (χ4v) is 3.52. The molecule has 3 heterocycles. The van der Waals surface area contributed by atoms with E-state index in [1.165, 1.54) is 6.07 Å². The maximum absolute atomic E-state index is 12.9. The van der Waals surface area contributed by atoms with Gasteiger partial charge in [-0.15, -0.1) is 0 Å². The molecule has 5 nitrogen and oxygen atoms in total. The lowest BCUT2D eigenvalue weighted by molar-refractivity contribution is -0.141. The van der Waals surface area contributed by atoms with Crippen molar-refractivity contribution in [3.05, 3.63) is 60.4 Å². The second-order valence-electron chi connectivity index (χ2n) is 7.04. The van der Waals surface area contributed by atoms with E-state index in [0.29, 0.717) is 37.4 Å². The van der Waals surface area contributed by atoms with Crippen molar-refractivity contribution in [1.82, 2.24) is 9.97 Å². The van der Waals surface area contributed by atoms with Crippen LogP contribution in [0.15, 0.2) is 54.7 Å². The van der Waals surface area contributed by atoms with Crippen LogP contribution in [0, 0.1) is 5.92 Å². The molecule has 3 aromatic rings. The van der Waals surface area contributed by atoms with Crippen LogP contribution in [0.2, 0.25) is 0 Å². The molecule has 0 aliphatic carbocycles. The van der Waals surface area contributed by atoms with Gasteiger partial charge in [-0.05, 0) is 43.2 Å². The monoisotopic (exact) mass is 400 g/mol. The normalized spacial score (nSPS) is 15.5. The van der Waals surface area contributed by atoms with Crippen LogP contribution in [-0.4, -0.2) is 29.0 Å². The predicted molar refractivity (Wildman–Crippen MR) is 105 cm³/mol. The number of anilines is 2. The van der Waals surface area contributed by atoms with E-state index in [1.54, 1.807) is 17.2 Å². The first-order chi connectivity index (χ1) is 13.9. The highest BCUT2D eigenvalue weighted by Gasteiger charge is 2.33. The summed E-state index contributed by atoms with van der Waals surface area (Å²) in [6, 6.07) is 13.3. The second kappa shape index (κ2) is 7.69. The molecule has 0 unspecified atom stereocenters. The number of carbonyl (C=O) groups excluding carboxylic acids is 1. The van der Waals surface area contributed by atoms with Gasteiger partial charge in [-0.1, -0.05) is 18.2 Å². The van der Waals surface area contributed by atoms with Gasteiger partial charge in [-0.2, -0.15) is 13.2 Å². The molecule has 8 heteroatoms. The van der Waals surface area contributed by atoms with E-state index in [9.17, 15) is 18.0 Å². The third-order valence-electron chi connectivity index (χ3n) is 5.09. The van der Waals surface area contributed by atoms with E-state index in [-0.39, 0.29) is 11.8 Å². The number of pyridine rings is 2. The summed E-state index contributed by atoms with van der Waals surface area (Å²) in [7, 11) is 0. The number of benzene rings is 1. The highest BCUT2D eigenvalue weighted by atomic mass is 19.4. The molecule has 0 radical (unpaired) electrons. The number of aromatic nitrogens is 2. The van der Waals surface area contributed by atoms with Crippen molar-refractivity contribution in [3.8, 4) is 0 Å². The maximum Gasteiger partial charge on any atom is 0.433 e. The molecule has 1 aromatic carbocycles. The molecule has 1 aliphatic heterocycles. The summed E-state index contributed by atoms with van der Waals surface area (Å²) in [4.78, 5) is 22.4. The van der Waals surface area contributed by atoms with Gasteiger partial charge in [0, 0.05) is 36.3 Å². The molecule has 1 aliphatic rings. The van der Waals surface area contributed by atoms with Crippen molar-refractivity contribution in [2.24, 2.45) is 5.92 Å². The Kier molecular flexibility index (Phi) is 5.08. The first-order valence-corrected chi connectivity index (χ1v) is 9.35. The molecule has 2 aromatic heterocycles. The van der Waals surface area contributed by atoms with Crippen molar-refractivity contribution in [2.45, 2.75) is 19.0 Å². The molecule has 0 atom stereocenters. The first-order valence-electron chi connectivity index (χ1n) is 9.35. The Morgan fingerprint density at radius 3 is 2.62 bits per heavy atom. The Balaban J connectivity index is 1.38. The summed E-state index contributed by atoms with van der Waals surface area (Å²) in [5.74, 6) is 0.00713. The van der Waals surface area contributed by atoms with Gasteiger partial charge in [-0.3, -0.25) is 9.78 Å². The van der Waals surface area contributed by atoms with Crippen LogP contribution < -0.4 is 10.2 Å². The van der Waals surface area contributed by atoms with Gasteiger partial charge in [0.05, 0.1) is 5.52 Å². The van der Waals surface area contributed by atoms with Gasteiger partial charge in [-0.25, -0.2) is 4.98 Å². The molecular formula is C21H19F3N4O. The van der Waals surface area contributed by atoms with Crippen LogP contribution in [0.25, 0.3) is 10.9 Å². The number of fused-ring (bicyclic) bond motifs is 1. The number of nitrogens with one attached hydrogen (secondary N) is 1. The molecule has 29 heavy (non-hydrogen) atoms. The molecule has 0 saturated carbocycles. The summed E-state index contributed by atoms with van der Waals surface area (Å²) >= 11 is 0. The highest BCUT2D eigenvalue weighted by Crippen LogP contribution is 2.30. The van der Waals surface area contributed by atoms with Crippen LogP contribution in [0.5, 0.6) is 0 Å². The lowest BCUT2D eigenvalue weighted by Crippen LogP contribution is -2.38. The Morgan fingerprint density at radius 1 is 1.07 bits per heavy atom. The molecule has 4 rings (SSSR count). The number of hydrogen-bond acceptors (Lipinski definition) is 4. The van der Waals surface area contributed by atoms with Crippen LogP contribution in [0.1, 0.15) is 18.5 Å². The largest absolute Gasteiger partial charge is 0.433 e. The lowest BCUT2D eigenvalue weighted by Gasteiger charge is -2.32. The predicted octanol–water partition coefficient (Wildman–Crippen LogP) is 4.50. The average molecular weight is 400 g/mol. The Hall–Kier alpha value is -3.16. The fraction of sp³-hybridized carbons (Fsp3) is 0.286. The van der Waals surface area contributed by atoms with E-state index < -0.39 is 11.9 Å². The third-order valence-corrected chi connectivity index (χ3v) is 5.09.